The molecule has 0 aliphatic carbocycles. The van der Waals surface area contributed by atoms with Gasteiger partial charge in [0.25, 0.3) is 5.91 Å². The fourth-order valence-electron chi connectivity index (χ4n) is 2.59. The van der Waals surface area contributed by atoms with Crippen LogP contribution in [0.1, 0.15) is 19.4 Å². The van der Waals surface area contributed by atoms with E-state index in [0.29, 0.717) is 34.5 Å². The number of aliphatic imine (C=N–C) groups is 1. The summed E-state index contributed by atoms with van der Waals surface area (Å²) in [6.07, 6.45) is 1.68. The number of hydrogen-bond acceptors (Lipinski definition) is 5. The molecule has 2 aromatic carbocycles. The lowest BCUT2D eigenvalue weighted by Gasteiger charge is -2.12. The smallest absolute Gasteiger partial charge is 0.266 e. The van der Waals surface area contributed by atoms with Crippen molar-refractivity contribution in [2.45, 2.75) is 13.8 Å². The summed E-state index contributed by atoms with van der Waals surface area (Å²) in [5.41, 5.74) is 1.18. The minimum atomic E-state index is -0.346. The first-order chi connectivity index (χ1) is 13.4. The minimum absolute atomic E-state index is 0.134. The van der Waals surface area contributed by atoms with Crippen LogP contribution in [-0.2, 0) is 4.79 Å². The van der Waals surface area contributed by atoms with Crippen molar-refractivity contribution < 1.29 is 19.0 Å². The summed E-state index contributed by atoms with van der Waals surface area (Å²) in [6, 6.07) is 8.93. The van der Waals surface area contributed by atoms with Crippen LogP contribution in [0.25, 0.3) is 6.08 Å². The third kappa shape index (κ3) is 4.31. The van der Waals surface area contributed by atoms with Gasteiger partial charge in [-0.15, -0.1) is 0 Å². The summed E-state index contributed by atoms with van der Waals surface area (Å²) < 4.78 is 18.5. The first kappa shape index (κ1) is 20.2. The molecular formula is C20H18ClFN2O3S. The van der Waals surface area contributed by atoms with Crippen LogP contribution >= 0.6 is 23.4 Å². The van der Waals surface area contributed by atoms with E-state index < -0.39 is 0 Å². The van der Waals surface area contributed by atoms with Gasteiger partial charge in [-0.05, 0) is 73.6 Å². The van der Waals surface area contributed by atoms with Crippen molar-refractivity contribution >= 4 is 46.2 Å². The Morgan fingerprint density at radius 1 is 1.29 bits per heavy atom. The Kier molecular flexibility index (Phi) is 6.26. The SMILES string of the molecule is CCOc1cc(/C=C2/SC(=Nc3ccc(F)cc3)N(CC)C2=O)cc(Cl)c1O. The molecule has 0 saturated carbocycles. The van der Waals surface area contributed by atoms with Crippen LogP contribution in [0.15, 0.2) is 46.3 Å². The van der Waals surface area contributed by atoms with Gasteiger partial charge in [-0.1, -0.05) is 11.6 Å². The maximum atomic E-state index is 13.1. The maximum Gasteiger partial charge on any atom is 0.266 e. The largest absolute Gasteiger partial charge is 0.503 e. The lowest BCUT2D eigenvalue weighted by molar-refractivity contribution is -0.122. The third-order valence-corrected chi connectivity index (χ3v) is 5.20. The van der Waals surface area contributed by atoms with Gasteiger partial charge in [0.05, 0.1) is 22.2 Å². The molecule has 2 aromatic rings. The highest BCUT2D eigenvalue weighted by molar-refractivity contribution is 8.18. The van der Waals surface area contributed by atoms with E-state index in [2.05, 4.69) is 4.99 Å². The van der Waals surface area contributed by atoms with Gasteiger partial charge in [0.2, 0.25) is 0 Å². The van der Waals surface area contributed by atoms with Crippen LogP contribution in [0, 0.1) is 5.82 Å². The summed E-state index contributed by atoms with van der Waals surface area (Å²) in [4.78, 5) is 19.2. The molecule has 1 heterocycles. The number of carbonyl (C=O) groups excluding carboxylic acids is 1. The average Bonchev–Trinajstić information content (AvgIpc) is 2.95. The van der Waals surface area contributed by atoms with E-state index in [4.69, 9.17) is 16.3 Å². The van der Waals surface area contributed by atoms with Crippen LogP contribution in [0.2, 0.25) is 5.02 Å². The second-order valence-corrected chi connectivity index (χ2v) is 7.23. The van der Waals surface area contributed by atoms with Gasteiger partial charge < -0.3 is 9.84 Å². The Balaban J connectivity index is 1.95. The molecule has 0 spiro atoms. The third-order valence-electron chi connectivity index (χ3n) is 3.90. The number of amides is 1. The second-order valence-electron chi connectivity index (χ2n) is 5.81. The zero-order valence-electron chi connectivity index (χ0n) is 15.3. The van der Waals surface area contributed by atoms with Gasteiger partial charge in [-0.2, -0.15) is 0 Å². The van der Waals surface area contributed by atoms with Crippen LogP contribution in [-0.4, -0.2) is 34.2 Å². The minimum Gasteiger partial charge on any atom is -0.503 e. The van der Waals surface area contributed by atoms with Crippen molar-refractivity contribution in [2.75, 3.05) is 13.2 Å². The van der Waals surface area contributed by atoms with Crippen LogP contribution in [0.5, 0.6) is 11.5 Å². The first-order valence-corrected chi connectivity index (χ1v) is 9.83. The molecule has 1 N–H and O–H groups in total. The summed E-state index contributed by atoms with van der Waals surface area (Å²) in [6.45, 7) is 4.47. The zero-order valence-corrected chi connectivity index (χ0v) is 16.9. The molecule has 5 nitrogen and oxygen atoms in total. The highest BCUT2D eigenvalue weighted by atomic mass is 35.5. The Morgan fingerprint density at radius 3 is 2.64 bits per heavy atom. The highest BCUT2D eigenvalue weighted by Crippen LogP contribution is 2.38. The predicted molar refractivity (Wildman–Crippen MR) is 111 cm³/mol. The number of hydrogen-bond donors (Lipinski definition) is 1. The molecule has 8 heteroatoms. The Morgan fingerprint density at radius 2 is 2.00 bits per heavy atom. The van der Waals surface area contributed by atoms with E-state index in [-0.39, 0.29) is 28.2 Å². The van der Waals surface area contributed by atoms with Crippen molar-refractivity contribution in [2.24, 2.45) is 4.99 Å². The van der Waals surface area contributed by atoms with E-state index in [1.54, 1.807) is 42.2 Å². The maximum absolute atomic E-state index is 13.1. The fourth-order valence-corrected chi connectivity index (χ4v) is 3.87. The lowest BCUT2D eigenvalue weighted by Crippen LogP contribution is -2.28. The number of phenolic OH excluding ortho intramolecular Hbond substituents is 1. The molecule has 1 fully saturated rings. The van der Waals surface area contributed by atoms with E-state index in [1.807, 2.05) is 6.92 Å². The number of amidine groups is 1. The normalized spacial score (nSPS) is 17.0. The quantitative estimate of drug-likeness (QED) is 0.674. The van der Waals surface area contributed by atoms with Crippen molar-refractivity contribution in [3.63, 3.8) is 0 Å². The predicted octanol–water partition coefficient (Wildman–Crippen LogP) is 5.21. The van der Waals surface area contributed by atoms with E-state index >= 15 is 0 Å². The van der Waals surface area contributed by atoms with Gasteiger partial charge in [0, 0.05) is 6.54 Å². The fraction of sp³-hybridized carbons (Fsp3) is 0.200. The van der Waals surface area contributed by atoms with E-state index in [9.17, 15) is 14.3 Å². The number of aromatic hydroxyl groups is 1. The summed E-state index contributed by atoms with van der Waals surface area (Å²) in [5.74, 6) is -0.411. The average molecular weight is 421 g/mol. The molecule has 0 bridgehead atoms. The summed E-state index contributed by atoms with van der Waals surface area (Å²) in [5, 5.41) is 10.6. The highest BCUT2D eigenvalue weighted by Gasteiger charge is 2.32. The molecule has 146 valence electrons. The number of thioether (sulfide) groups is 1. The molecule has 3 rings (SSSR count). The standard InChI is InChI=1S/C20H18ClFN2O3S/c1-3-24-19(26)17(28-20(24)23-14-7-5-13(22)6-8-14)11-12-9-15(21)18(25)16(10-12)27-4-2/h5-11,25H,3-4H2,1-2H3/b17-11+,23-20?. The number of benzene rings is 2. The van der Waals surface area contributed by atoms with Crippen LogP contribution < -0.4 is 4.74 Å². The number of rotatable bonds is 5. The number of nitrogens with zero attached hydrogens (tertiary/aromatic N) is 2. The van der Waals surface area contributed by atoms with Crippen LogP contribution in [0.4, 0.5) is 10.1 Å². The van der Waals surface area contributed by atoms with Crippen molar-refractivity contribution in [1.82, 2.24) is 4.90 Å². The molecule has 1 aliphatic rings. The molecule has 0 radical (unpaired) electrons. The summed E-state index contributed by atoms with van der Waals surface area (Å²) >= 11 is 7.29. The zero-order chi connectivity index (χ0) is 20.3. The summed E-state index contributed by atoms with van der Waals surface area (Å²) in [7, 11) is 0. The molecule has 1 saturated heterocycles. The molecule has 1 aliphatic heterocycles. The Hall–Kier alpha value is -2.51. The van der Waals surface area contributed by atoms with Crippen LogP contribution in [0.3, 0.4) is 0 Å². The number of phenols is 1. The lowest BCUT2D eigenvalue weighted by atomic mass is 10.2. The molecule has 0 unspecified atom stereocenters. The molecule has 28 heavy (non-hydrogen) atoms. The Labute approximate surface area is 171 Å². The van der Waals surface area contributed by atoms with Crippen molar-refractivity contribution in [1.29, 1.82) is 0 Å². The number of ether oxygens (including phenoxy) is 1. The molecule has 0 atom stereocenters. The number of halogens is 2. The van der Waals surface area contributed by atoms with Gasteiger partial charge in [0.1, 0.15) is 5.82 Å². The monoisotopic (exact) mass is 420 g/mol. The van der Waals surface area contributed by atoms with E-state index in [1.165, 1.54) is 23.9 Å². The number of likely N-dealkylation sites (N-methyl/N-ethyl adjacent to an activating group) is 1. The van der Waals surface area contributed by atoms with E-state index in [0.717, 1.165) is 0 Å². The topological polar surface area (TPSA) is 62.1 Å². The second kappa shape index (κ2) is 8.67. The van der Waals surface area contributed by atoms with Gasteiger partial charge in [0.15, 0.2) is 16.7 Å². The van der Waals surface area contributed by atoms with Gasteiger partial charge in [-0.3, -0.25) is 9.69 Å². The van der Waals surface area contributed by atoms with Gasteiger partial charge >= 0.3 is 0 Å². The molecule has 0 aromatic heterocycles. The van der Waals surface area contributed by atoms with Crippen molar-refractivity contribution in [3.8, 4) is 11.5 Å². The van der Waals surface area contributed by atoms with Gasteiger partial charge in [-0.25, -0.2) is 9.38 Å². The Bertz CT molecular complexity index is 961. The van der Waals surface area contributed by atoms with Crippen molar-refractivity contribution in [3.05, 3.63) is 57.7 Å². The first-order valence-electron chi connectivity index (χ1n) is 8.64. The number of carbonyl (C=O) groups is 1. The molecular weight excluding hydrogens is 403 g/mol. The molecule has 1 amide bonds.